The summed E-state index contributed by atoms with van der Waals surface area (Å²) in [5, 5.41) is 4.97. The van der Waals surface area contributed by atoms with Crippen LogP contribution in [0.1, 0.15) is 25.3 Å². The number of ether oxygens (including phenoxy) is 2. The van der Waals surface area contributed by atoms with Crippen molar-refractivity contribution in [3.8, 4) is 0 Å². The van der Waals surface area contributed by atoms with Gasteiger partial charge in [0.15, 0.2) is 0 Å². The van der Waals surface area contributed by atoms with Crippen molar-refractivity contribution in [2.45, 2.75) is 19.8 Å². The van der Waals surface area contributed by atoms with Crippen molar-refractivity contribution in [1.29, 1.82) is 0 Å². The van der Waals surface area contributed by atoms with Gasteiger partial charge in [-0.15, -0.1) is 0 Å². The molecular formula is C16H22N2O5. The lowest BCUT2D eigenvalue weighted by Crippen LogP contribution is -2.33. The predicted molar refractivity (Wildman–Crippen MR) is 85.0 cm³/mol. The molecule has 0 heterocycles. The van der Waals surface area contributed by atoms with Gasteiger partial charge in [0.25, 0.3) is 0 Å². The molecule has 0 aliphatic heterocycles. The third-order valence-corrected chi connectivity index (χ3v) is 2.98. The summed E-state index contributed by atoms with van der Waals surface area (Å²) in [6.45, 7) is 3.39. The molecule has 0 atom stereocenters. The standard InChI is InChI=1S/C16H22N2O5/c1-11(2)12-4-6-13(7-5-12)18-15(20)10-23-9-14(19)17-8-16(21)22-3/h4-7,11H,8-10H2,1-3H3,(H,17,19)(H,18,20). The minimum Gasteiger partial charge on any atom is -0.468 e. The SMILES string of the molecule is COC(=O)CNC(=O)COCC(=O)Nc1ccc(C(C)C)cc1. The molecule has 1 aromatic carbocycles. The lowest BCUT2D eigenvalue weighted by Gasteiger charge is -2.09. The first kappa shape index (κ1) is 18.6. The second-order valence-corrected chi connectivity index (χ2v) is 5.17. The molecule has 0 saturated carbocycles. The summed E-state index contributed by atoms with van der Waals surface area (Å²) in [6.07, 6.45) is 0. The third kappa shape index (κ3) is 7.42. The van der Waals surface area contributed by atoms with Crippen LogP contribution in [0.15, 0.2) is 24.3 Å². The van der Waals surface area contributed by atoms with E-state index in [-0.39, 0.29) is 25.7 Å². The maximum Gasteiger partial charge on any atom is 0.325 e. The topological polar surface area (TPSA) is 93.7 Å². The molecule has 7 heteroatoms. The van der Waals surface area contributed by atoms with Gasteiger partial charge in [-0.25, -0.2) is 0 Å². The minimum atomic E-state index is -0.555. The van der Waals surface area contributed by atoms with E-state index in [9.17, 15) is 14.4 Å². The van der Waals surface area contributed by atoms with Crippen LogP contribution in [-0.4, -0.2) is 44.7 Å². The molecule has 1 aromatic rings. The number of amides is 2. The van der Waals surface area contributed by atoms with Crippen LogP contribution in [0.5, 0.6) is 0 Å². The molecule has 2 amide bonds. The number of methoxy groups -OCH3 is 1. The number of hydrogen-bond donors (Lipinski definition) is 2. The Kier molecular flexibility index (Phi) is 7.76. The number of esters is 1. The smallest absolute Gasteiger partial charge is 0.325 e. The van der Waals surface area contributed by atoms with Gasteiger partial charge in [-0.2, -0.15) is 0 Å². The Hall–Kier alpha value is -2.41. The molecule has 0 fully saturated rings. The Balaban J connectivity index is 2.26. The van der Waals surface area contributed by atoms with Gasteiger partial charge in [0.2, 0.25) is 11.8 Å². The number of anilines is 1. The van der Waals surface area contributed by atoms with E-state index < -0.39 is 11.9 Å². The summed E-state index contributed by atoms with van der Waals surface area (Å²) in [4.78, 5) is 33.8. The molecular weight excluding hydrogens is 300 g/mol. The van der Waals surface area contributed by atoms with Crippen molar-refractivity contribution >= 4 is 23.5 Å². The van der Waals surface area contributed by atoms with Gasteiger partial charge in [-0.05, 0) is 23.6 Å². The quantitative estimate of drug-likeness (QED) is 0.698. The molecule has 0 unspecified atom stereocenters. The minimum absolute atomic E-state index is 0.229. The molecule has 126 valence electrons. The van der Waals surface area contributed by atoms with Gasteiger partial charge in [-0.1, -0.05) is 26.0 Å². The maximum absolute atomic E-state index is 11.7. The molecule has 0 radical (unpaired) electrons. The number of nitrogens with one attached hydrogen (secondary N) is 2. The van der Waals surface area contributed by atoms with Crippen LogP contribution in [0, 0.1) is 0 Å². The zero-order valence-electron chi connectivity index (χ0n) is 13.5. The Morgan fingerprint density at radius 3 is 2.22 bits per heavy atom. The van der Waals surface area contributed by atoms with E-state index in [1.54, 1.807) is 0 Å². The summed E-state index contributed by atoms with van der Waals surface area (Å²) >= 11 is 0. The van der Waals surface area contributed by atoms with Gasteiger partial charge < -0.3 is 20.1 Å². The van der Waals surface area contributed by atoms with Crippen LogP contribution in [0.4, 0.5) is 5.69 Å². The highest BCUT2D eigenvalue weighted by molar-refractivity contribution is 5.92. The molecule has 7 nitrogen and oxygen atoms in total. The Morgan fingerprint density at radius 2 is 1.65 bits per heavy atom. The van der Waals surface area contributed by atoms with Crippen LogP contribution in [-0.2, 0) is 23.9 Å². The first-order chi connectivity index (χ1) is 10.9. The van der Waals surface area contributed by atoms with Crippen molar-refractivity contribution in [2.75, 3.05) is 32.2 Å². The van der Waals surface area contributed by atoms with Crippen LogP contribution >= 0.6 is 0 Å². The van der Waals surface area contributed by atoms with Gasteiger partial charge in [0.1, 0.15) is 19.8 Å². The second-order valence-electron chi connectivity index (χ2n) is 5.17. The third-order valence-electron chi connectivity index (χ3n) is 2.98. The first-order valence-corrected chi connectivity index (χ1v) is 7.23. The fraction of sp³-hybridized carbons (Fsp3) is 0.438. The summed E-state index contributed by atoms with van der Waals surface area (Å²) < 4.78 is 9.36. The van der Waals surface area contributed by atoms with Gasteiger partial charge in [-0.3, -0.25) is 14.4 Å². The number of hydrogen-bond acceptors (Lipinski definition) is 5. The maximum atomic E-state index is 11.7. The molecule has 1 rings (SSSR count). The lowest BCUT2D eigenvalue weighted by atomic mass is 10.0. The Labute approximate surface area is 135 Å². The number of benzene rings is 1. The van der Waals surface area contributed by atoms with E-state index in [1.807, 2.05) is 24.3 Å². The van der Waals surface area contributed by atoms with Crippen molar-refractivity contribution in [3.05, 3.63) is 29.8 Å². The zero-order valence-corrected chi connectivity index (χ0v) is 13.5. The highest BCUT2D eigenvalue weighted by Gasteiger charge is 2.08. The van der Waals surface area contributed by atoms with Crippen molar-refractivity contribution in [2.24, 2.45) is 0 Å². The van der Waals surface area contributed by atoms with E-state index in [1.165, 1.54) is 12.7 Å². The zero-order chi connectivity index (χ0) is 17.2. The number of carbonyl (C=O) groups is 3. The predicted octanol–water partition coefficient (Wildman–Crippen LogP) is 1.05. The van der Waals surface area contributed by atoms with E-state index in [4.69, 9.17) is 4.74 Å². The Bertz CT molecular complexity index is 540. The Morgan fingerprint density at radius 1 is 1.04 bits per heavy atom. The fourth-order valence-electron chi connectivity index (χ4n) is 1.68. The monoisotopic (exact) mass is 322 g/mol. The normalized spacial score (nSPS) is 10.3. The van der Waals surface area contributed by atoms with E-state index in [0.717, 1.165) is 0 Å². The number of rotatable bonds is 8. The molecule has 23 heavy (non-hydrogen) atoms. The largest absolute Gasteiger partial charge is 0.468 e. The highest BCUT2D eigenvalue weighted by atomic mass is 16.5. The molecule has 0 bridgehead atoms. The molecule has 0 aliphatic carbocycles. The van der Waals surface area contributed by atoms with Crippen LogP contribution in [0.2, 0.25) is 0 Å². The molecule has 2 N–H and O–H groups in total. The van der Waals surface area contributed by atoms with Crippen molar-refractivity contribution < 1.29 is 23.9 Å². The summed E-state index contributed by atoms with van der Waals surface area (Å²) in [6, 6.07) is 7.52. The van der Waals surface area contributed by atoms with Crippen LogP contribution < -0.4 is 10.6 Å². The van der Waals surface area contributed by atoms with Gasteiger partial charge in [0.05, 0.1) is 7.11 Å². The van der Waals surface area contributed by atoms with E-state index in [0.29, 0.717) is 11.6 Å². The van der Waals surface area contributed by atoms with Crippen molar-refractivity contribution in [3.63, 3.8) is 0 Å². The summed E-state index contributed by atoms with van der Waals surface area (Å²) in [7, 11) is 1.23. The first-order valence-electron chi connectivity index (χ1n) is 7.23. The molecule has 0 aromatic heterocycles. The highest BCUT2D eigenvalue weighted by Crippen LogP contribution is 2.16. The molecule has 0 spiro atoms. The van der Waals surface area contributed by atoms with E-state index in [2.05, 4.69) is 29.2 Å². The van der Waals surface area contributed by atoms with Crippen LogP contribution in [0.3, 0.4) is 0 Å². The van der Waals surface area contributed by atoms with Gasteiger partial charge in [0, 0.05) is 5.69 Å². The van der Waals surface area contributed by atoms with Crippen molar-refractivity contribution in [1.82, 2.24) is 5.32 Å². The van der Waals surface area contributed by atoms with E-state index >= 15 is 0 Å². The lowest BCUT2D eigenvalue weighted by molar-refractivity contribution is -0.142. The average Bonchev–Trinajstić information content (AvgIpc) is 2.53. The summed E-state index contributed by atoms with van der Waals surface area (Å²) in [5.41, 5.74) is 1.85. The van der Waals surface area contributed by atoms with Crippen LogP contribution in [0.25, 0.3) is 0 Å². The second kappa shape index (κ2) is 9.58. The molecule has 0 aliphatic rings. The average molecular weight is 322 g/mol. The number of carbonyl (C=O) groups excluding carboxylic acids is 3. The molecule has 0 saturated heterocycles. The van der Waals surface area contributed by atoms with Gasteiger partial charge >= 0.3 is 5.97 Å². The summed E-state index contributed by atoms with van der Waals surface area (Å²) in [5.74, 6) is -0.986. The fourth-order valence-corrected chi connectivity index (χ4v) is 1.68.